The average Bonchev–Trinajstić information content (AvgIpc) is 3.18. The molecule has 1 heteroatoms. The fraction of sp³-hybridized carbons (Fsp3) is 0.125. The highest BCUT2D eigenvalue weighted by atomic mass is 16.6. The molecule has 0 radical (unpaired) electrons. The summed E-state index contributed by atoms with van der Waals surface area (Å²) in [7, 11) is 0. The SMILES string of the molecule is C(Cc1ccccc1)=C1OC1c1ccccc1. The van der Waals surface area contributed by atoms with Crippen LogP contribution in [0.15, 0.2) is 72.5 Å². The van der Waals surface area contributed by atoms with E-state index in [2.05, 4.69) is 42.5 Å². The largest absolute Gasteiger partial charge is 0.478 e. The van der Waals surface area contributed by atoms with E-state index in [1.807, 2.05) is 24.3 Å². The summed E-state index contributed by atoms with van der Waals surface area (Å²) in [6, 6.07) is 20.8. The van der Waals surface area contributed by atoms with Gasteiger partial charge in [-0.25, -0.2) is 0 Å². The van der Waals surface area contributed by atoms with Crippen molar-refractivity contribution < 1.29 is 4.74 Å². The molecule has 0 N–H and O–H groups in total. The molecule has 2 aromatic rings. The fourth-order valence-electron chi connectivity index (χ4n) is 1.95. The number of epoxide rings is 1. The highest BCUT2D eigenvalue weighted by Crippen LogP contribution is 2.42. The van der Waals surface area contributed by atoms with Crippen LogP contribution in [0, 0.1) is 0 Å². The third-order valence-corrected chi connectivity index (χ3v) is 2.94. The summed E-state index contributed by atoms with van der Waals surface area (Å²) in [5, 5.41) is 0. The van der Waals surface area contributed by atoms with Crippen LogP contribution in [0.1, 0.15) is 17.2 Å². The van der Waals surface area contributed by atoms with E-state index in [4.69, 9.17) is 4.74 Å². The summed E-state index contributed by atoms with van der Waals surface area (Å²) in [5.41, 5.74) is 2.56. The summed E-state index contributed by atoms with van der Waals surface area (Å²) < 4.78 is 5.59. The Labute approximate surface area is 101 Å². The maximum atomic E-state index is 5.59. The Bertz CT molecular complexity index is 514. The zero-order valence-corrected chi connectivity index (χ0v) is 9.54. The zero-order valence-electron chi connectivity index (χ0n) is 9.54. The van der Waals surface area contributed by atoms with Crippen molar-refractivity contribution in [2.45, 2.75) is 12.5 Å². The van der Waals surface area contributed by atoms with E-state index in [9.17, 15) is 0 Å². The number of allylic oxidation sites excluding steroid dienone is 1. The molecule has 1 heterocycles. The number of ether oxygens (including phenoxy) is 1. The molecule has 0 aromatic heterocycles. The molecule has 0 aliphatic carbocycles. The summed E-state index contributed by atoms with van der Waals surface area (Å²) in [6.07, 6.45) is 3.31. The molecular formula is C16H14O. The first-order valence-electron chi connectivity index (χ1n) is 5.89. The smallest absolute Gasteiger partial charge is 0.180 e. The van der Waals surface area contributed by atoms with Crippen molar-refractivity contribution >= 4 is 0 Å². The van der Waals surface area contributed by atoms with Crippen LogP contribution in [-0.4, -0.2) is 0 Å². The Kier molecular flexibility index (Phi) is 2.66. The molecule has 1 fully saturated rings. The molecule has 1 saturated heterocycles. The molecule has 0 amide bonds. The van der Waals surface area contributed by atoms with Crippen molar-refractivity contribution in [3.8, 4) is 0 Å². The van der Waals surface area contributed by atoms with Crippen molar-refractivity contribution in [3.63, 3.8) is 0 Å². The van der Waals surface area contributed by atoms with Crippen LogP contribution in [0.4, 0.5) is 0 Å². The van der Waals surface area contributed by atoms with Gasteiger partial charge in [-0.15, -0.1) is 0 Å². The van der Waals surface area contributed by atoms with Gasteiger partial charge in [-0.3, -0.25) is 0 Å². The van der Waals surface area contributed by atoms with Gasteiger partial charge in [0.15, 0.2) is 6.10 Å². The second-order valence-electron chi connectivity index (χ2n) is 4.20. The molecular weight excluding hydrogens is 208 g/mol. The van der Waals surface area contributed by atoms with Gasteiger partial charge in [0.05, 0.1) is 0 Å². The van der Waals surface area contributed by atoms with Crippen LogP contribution in [0.3, 0.4) is 0 Å². The van der Waals surface area contributed by atoms with E-state index in [-0.39, 0.29) is 6.10 Å². The van der Waals surface area contributed by atoms with Crippen molar-refractivity contribution in [1.29, 1.82) is 0 Å². The second kappa shape index (κ2) is 4.46. The monoisotopic (exact) mass is 222 g/mol. The van der Waals surface area contributed by atoms with Gasteiger partial charge in [-0.05, 0) is 23.6 Å². The number of hydrogen-bond acceptors (Lipinski definition) is 1. The third-order valence-electron chi connectivity index (χ3n) is 2.94. The Morgan fingerprint density at radius 2 is 1.53 bits per heavy atom. The van der Waals surface area contributed by atoms with Crippen LogP contribution in [-0.2, 0) is 11.2 Å². The molecule has 1 aliphatic rings. The van der Waals surface area contributed by atoms with Crippen LogP contribution in [0.25, 0.3) is 0 Å². The lowest BCUT2D eigenvalue weighted by Gasteiger charge is -1.92. The van der Waals surface area contributed by atoms with E-state index < -0.39 is 0 Å². The van der Waals surface area contributed by atoms with Crippen molar-refractivity contribution in [2.24, 2.45) is 0 Å². The fourth-order valence-corrected chi connectivity index (χ4v) is 1.95. The molecule has 0 saturated carbocycles. The maximum Gasteiger partial charge on any atom is 0.180 e. The first-order valence-corrected chi connectivity index (χ1v) is 5.89. The van der Waals surface area contributed by atoms with Crippen molar-refractivity contribution in [2.75, 3.05) is 0 Å². The van der Waals surface area contributed by atoms with Crippen LogP contribution in [0.5, 0.6) is 0 Å². The van der Waals surface area contributed by atoms with E-state index >= 15 is 0 Å². The lowest BCUT2D eigenvalue weighted by Crippen LogP contribution is -1.79. The predicted octanol–water partition coefficient (Wildman–Crippen LogP) is 3.88. The van der Waals surface area contributed by atoms with Gasteiger partial charge in [0, 0.05) is 0 Å². The molecule has 3 rings (SSSR count). The third kappa shape index (κ3) is 2.39. The van der Waals surface area contributed by atoms with Crippen LogP contribution in [0.2, 0.25) is 0 Å². The van der Waals surface area contributed by atoms with Crippen molar-refractivity contribution in [1.82, 2.24) is 0 Å². The van der Waals surface area contributed by atoms with E-state index in [0.717, 1.165) is 12.2 Å². The molecule has 1 atom stereocenters. The van der Waals surface area contributed by atoms with E-state index in [1.54, 1.807) is 0 Å². The molecule has 1 unspecified atom stereocenters. The zero-order chi connectivity index (χ0) is 11.5. The standard InChI is InChI=1S/C16H14O/c1-3-7-13(8-4-1)11-12-15-16(17-15)14-9-5-2-6-10-14/h1-10,12,16H,11H2. The van der Waals surface area contributed by atoms with Gasteiger partial charge in [0.25, 0.3) is 0 Å². The van der Waals surface area contributed by atoms with Gasteiger partial charge in [-0.2, -0.15) is 0 Å². The van der Waals surface area contributed by atoms with Gasteiger partial charge in [0.1, 0.15) is 5.76 Å². The summed E-state index contributed by atoms with van der Waals surface area (Å²) in [5.74, 6) is 1.10. The minimum absolute atomic E-state index is 0.194. The topological polar surface area (TPSA) is 12.5 Å². The highest BCUT2D eigenvalue weighted by Gasteiger charge is 2.33. The average molecular weight is 222 g/mol. The molecule has 17 heavy (non-hydrogen) atoms. The molecule has 84 valence electrons. The quantitative estimate of drug-likeness (QED) is 0.718. The lowest BCUT2D eigenvalue weighted by atomic mass is 10.1. The molecule has 2 aromatic carbocycles. The number of benzene rings is 2. The maximum absolute atomic E-state index is 5.59. The Morgan fingerprint density at radius 1 is 0.882 bits per heavy atom. The first kappa shape index (κ1) is 10.2. The van der Waals surface area contributed by atoms with E-state index in [1.165, 1.54) is 11.1 Å². The Hall–Kier alpha value is -2.02. The first-order chi connectivity index (χ1) is 8.43. The van der Waals surface area contributed by atoms with E-state index in [0.29, 0.717) is 0 Å². The molecule has 1 aliphatic heterocycles. The molecule has 0 spiro atoms. The lowest BCUT2D eigenvalue weighted by molar-refractivity contribution is 0.436. The normalized spacial score (nSPS) is 20.0. The summed E-state index contributed by atoms with van der Waals surface area (Å²) in [6.45, 7) is 0. The predicted molar refractivity (Wildman–Crippen MR) is 68.5 cm³/mol. The van der Waals surface area contributed by atoms with Crippen LogP contribution < -0.4 is 0 Å². The van der Waals surface area contributed by atoms with Gasteiger partial charge in [0.2, 0.25) is 0 Å². The molecule has 0 bridgehead atoms. The minimum Gasteiger partial charge on any atom is -0.478 e. The minimum atomic E-state index is 0.194. The number of rotatable bonds is 3. The van der Waals surface area contributed by atoms with Gasteiger partial charge >= 0.3 is 0 Å². The number of hydrogen-bond donors (Lipinski definition) is 0. The van der Waals surface area contributed by atoms with Gasteiger partial charge in [-0.1, -0.05) is 60.7 Å². The Morgan fingerprint density at radius 3 is 2.24 bits per heavy atom. The Balaban J connectivity index is 1.65. The van der Waals surface area contributed by atoms with Crippen LogP contribution >= 0.6 is 0 Å². The second-order valence-corrected chi connectivity index (χ2v) is 4.20. The summed E-state index contributed by atoms with van der Waals surface area (Å²) >= 11 is 0. The molecule has 1 nitrogen and oxygen atoms in total. The van der Waals surface area contributed by atoms with Crippen molar-refractivity contribution in [3.05, 3.63) is 83.6 Å². The van der Waals surface area contributed by atoms with Gasteiger partial charge < -0.3 is 4.74 Å². The summed E-state index contributed by atoms with van der Waals surface area (Å²) in [4.78, 5) is 0. The highest BCUT2D eigenvalue weighted by molar-refractivity contribution is 5.32.